The number of nitrogens with zero attached hydrogens (tertiary/aromatic N) is 4. The Morgan fingerprint density at radius 1 is 1.03 bits per heavy atom. The highest BCUT2D eigenvalue weighted by Gasteiger charge is 2.30. The molecular weight excluding hydrogens is 435 g/mol. The van der Waals surface area contributed by atoms with Crippen molar-refractivity contribution in [3.63, 3.8) is 0 Å². The van der Waals surface area contributed by atoms with E-state index in [1.165, 1.54) is 21.1 Å². The summed E-state index contributed by atoms with van der Waals surface area (Å²) in [6.07, 6.45) is -1.13. The molecule has 2 heterocycles. The predicted octanol–water partition coefficient (Wildman–Crippen LogP) is 4.09. The summed E-state index contributed by atoms with van der Waals surface area (Å²) in [5.41, 5.74) is 1.72. The van der Waals surface area contributed by atoms with Gasteiger partial charge in [0.2, 0.25) is 11.6 Å². The quantitative estimate of drug-likeness (QED) is 0.492. The van der Waals surface area contributed by atoms with Crippen molar-refractivity contribution in [2.75, 3.05) is 5.32 Å². The molecule has 0 aliphatic carbocycles. The third kappa shape index (κ3) is 4.79. The highest BCUT2D eigenvalue weighted by molar-refractivity contribution is 5.90. The van der Waals surface area contributed by atoms with E-state index in [4.69, 9.17) is 0 Å². The van der Waals surface area contributed by atoms with E-state index >= 15 is 0 Å². The average molecular weight is 455 g/mol. The van der Waals surface area contributed by atoms with Gasteiger partial charge in [0.15, 0.2) is 0 Å². The van der Waals surface area contributed by atoms with E-state index in [0.29, 0.717) is 11.5 Å². The lowest BCUT2D eigenvalue weighted by Crippen LogP contribution is -2.21. The monoisotopic (exact) mass is 455 g/mol. The smallest absolute Gasteiger partial charge is 0.326 e. The number of hydrogen-bond donors (Lipinski definition) is 1. The number of carbonyl (C=O) groups is 1. The standard InChI is InChI=1S/C23H20F3N5O2/c1-14-10-15(2)12-18(11-14)30-8-9-31-19(28-29-21(31)22(30)33)6-7-20(32)27-17-5-3-4-16(13-17)23(24,25)26/h3-5,8-13H,6-7H2,1-2H3,(H,27,32). The molecule has 170 valence electrons. The number of nitrogens with one attached hydrogen (secondary N) is 1. The zero-order valence-corrected chi connectivity index (χ0v) is 17.8. The first-order valence-electron chi connectivity index (χ1n) is 10.1. The molecule has 33 heavy (non-hydrogen) atoms. The second kappa shape index (κ2) is 8.53. The number of alkyl halides is 3. The Kier molecular flexibility index (Phi) is 5.75. The minimum absolute atomic E-state index is 0.0444. The fraction of sp³-hybridized carbons (Fsp3) is 0.217. The van der Waals surface area contributed by atoms with Crippen LogP contribution in [0.25, 0.3) is 11.3 Å². The predicted molar refractivity (Wildman–Crippen MR) is 116 cm³/mol. The zero-order valence-electron chi connectivity index (χ0n) is 17.8. The van der Waals surface area contributed by atoms with Gasteiger partial charge in [-0.1, -0.05) is 12.1 Å². The highest BCUT2D eigenvalue weighted by atomic mass is 19.4. The van der Waals surface area contributed by atoms with Crippen LogP contribution in [0.5, 0.6) is 0 Å². The summed E-state index contributed by atoms with van der Waals surface area (Å²) in [7, 11) is 0. The molecule has 0 aliphatic heterocycles. The van der Waals surface area contributed by atoms with Gasteiger partial charge in [-0.2, -0.15) is 13.2 Å². The SMILES string of the molecule is Cc1cc(C)cc(-n2ccn3c(CCC(=O)Nc4cccc(C(F)(F)F)c4)nnc3c2=O)c1. The number of benzene rings is 2. The molecule has 7 nitrogen and oxygen atoms in total. The second-order valence-electron chi connectivity index (χ2n) is 7.76. The van der Waals surface area contributed by atoms with Gasteiger partial charge in [0.1, 0.15) is 5.82 Å². The molecule has 2 aromatic heterocycles. The molecule has 4 aromatic rings. The third-order valence-corrected chi connectivity index (χ3v) is 5.08. The summed E-state index contributed by atoms with van der Waals surface area (Å²) in [5.74, 6) is -0.0801. The van der Waals surface area contributed by atoms with Crippen LogP contribution in [0.1, 0.15) is 28.9 Å². The lowest BCUT2D eigenvalue weighted by atomic mass is 10.1. The second-order valence-corrected chi connectivity index (χ2v) is 7.76. The van der Waals surface area contributed by atoms with Crippen LogP contribution in [0.4, 0.5) is 18.9 Å². The first-order valence-corrected chi connectivity index (χ1v) is 10.1. The number of hydrogen-bond acceptors (Lipinski definition) is 4. The average Bonchev–Trinajstić information content (AvgIpc) is 3.15. The van der Waals surface area contributed by atoms with E-state index in [2.05, 4.69) is 15.5 Å². The number of rotatable bonds is 5. The number of fused-ring (bicyclic) bond motifs is 1. The van der Waals surface area contributed by atoms with Gasteiger partial charge in [0.25, 0.3) is 0 Å². The number of carbonyl (C=O) groups excluding carboxylic acids is 1. The first kappa shape index (κ1) is 22.3. The Morgan fingerprint density at radius 2 is 1.76 bits per heavy atom. The molecular formula is C23H20F3N5O2. The maximum atomic E-state index is 12.9. The number of anilines is 1. The summed E-state index contributed by atoms with van der Waals surface area (Å²) < 4.78 is 41.5. The van der Waals surface area contributed by atoms with E-state index in [9.17, 15) is 22.8 Å². The fourth-order valence-electron chi connectivity index (χ4n) is 3.62. The fourth-order valence-corrected chi connectivity index (χ4v) is 3.62. The van der Waals surface area contributed by atoms with E-state index in [1.807, 2.05) is 32.0 Å². The van der Waals surface area contributed by atoms with Crippen molar-refractivity contribution < 1.29 is 18.0 Å². The largest absolute Gasteiger partial charge is 0.416 e. The maximum Gasteiger partial charge on any atom is 0.416 e. The molecule has 0 aliphatic rings. The van der Waals surface area contributed by atoms with Gasteiger partial charge in [-0.05, 0) is 55.3 Å². The molecule has 0 unspecified atom stereocenters. The molecule has 0 spiro atoms. The lowest BCUT2D eigenvalue weighted by molar-refractivity contribution is -0.137. The van der Waals surface area contributed by atoms with Crippen LogP contribution in [-0.2, 0) is 17.4 Å². The Hall–Kier alpha value is -3.95. The Balaban J connectivity index is 1.50. The van der Waals surface area contributed by atoms with Crippen LogP contribution in [0.2, 0.25) is 0 Å². The molecule has 1 N–H and O–H groups in total. The number of aromatic nitrogens is 4. The Morgan fingerprint density at radius 3 is 2.45 bits per heavy atom. The summed E-state index contributed by atoms with van der Waals surface area (Å²) in [5, 5.41) is 10.5. The molecule has 0 atom stereocenters. The van der Waals surface area contributed by atoms with Gasteiger partial charge in [-0.25, -0.2) is 0 Å². The Labute approximate surface area is 186 Å². The normalized spacial score (nSPS) is 11.7. The molecule has 0 bridgehead atoms. The summed E-state index contributed by atoms with van der Waals surface area (Å²) in [6, 6.07) is 10.2. The van der Waals surface area contributed by atoms with Crippen molar-refractivity contribution in [3.8, 4) is 5.69 Å². The number of halogens is 3. The summed E-state index contributed by atoms with van der Waals surface area (Å²) >= 11 is 0. The van der Waals surface area contributed by atoms with Crippen molar-refractivity contribution in [1.82, 2.24) is 19.2 Å². The van der Waals surface area contributed by atoms with Gasteiger partial charge in [-0.3, -0.25) is 18.6 Å². The van der Waals surface area contributed by atoms with Crippen LogP contribution in [0, 0.1) is 13.8 Å². The number of aryl methyl sites for hydroxylation is 3. The molecule has 0 saturated heterocycles. The van der Waals surface area contributed by atoms with Gasteiger partial charge in [-0.15, -0.1) is 10.2 Å². The minimum Gasteiger partial charge on any atom is -0.326 e. The summed E-state index contributed by atoms with van der Waals surface area (Å²) in [4.78, 5) is 25.2. The topological polar surface area (TPSA) is 81.3 Å². The van der Waals surface area contributed by atoms with E-state index < -0.39 is 17.6 Å². The van der Waals surface area contributed by atoms with Crippen molar-refractivity contribution in [1.29, 1.82) is 0 Å². The van der Waals surface area contributed by atoms with Crippen LogP contribution in [0.15, 0.2) is 59.7 Å². The van der Waals surface area contributed by atoms with Crippen LogP contribution in [0.3, 0.4) is 0 Å². The van der Waals surface area contributed by atoms with Gasteiger partial charge in [0.05, 0.1) is 5.56 Å². The van der Waals surface area contributed by atoms with Crippen molar-refractivity contribution in [3.05, 3.63) is 87.7 Å². The van der Waals surface area contributed by atoms with Crippen LogP contribution >= 0.6 is 0 Å². The van der Waals surface area contributed by atoms with Gasteiger partial charge in [0, 0.05) is 36.6 Å². The zero-order chi connectivity index (χ0) is 23.8. The van der Waals surface area contributed by atoms with Crippen LogP contribution in [-0.4, -0.2) is 25.1 Å². The minimum atomic E-state index is -4.49. The van der Waals surface area contributed by atoms with Crippen molar-refractivity contribution in [2.24, 2.45) is 0 Å². The third-order valence-electron chi connectivity index (χ3n) is 5.08. The van der Waals surface area contributed by atoms with Crippen molar-refractivity contribution in [2.45, 2.75) is 32.9 Å². The van der Waals surface area contributed by atoms with Crippen molar-refractivity contribution >= 4 is 17.2 Å². The molecule has 1 amide bonds. The molecule has 2 aromatic carbocycles. The molecule has 0 fully saturated rings. The van der Waals surface area contributed by atoms with Gasteiger partial charge < -0.3 is 5.32 Å². The van der Waals surface area contributed by atoms with E-state index in [-0.39, 0.29) is 29.7 Å². The van der Waals surface area contributed by atoms with E-state index in [0.717, 1.165) is 23.3 Å². The lowest BCUT2D eigenvalue weighted by Gasteiger charge is -2.10. The molecule has 4 rings (SSSR count). The van der Waals surface area contributed by atoms with E-state index in [1.54, 1.807) is 12.4 Å². The van der Waals surface area contributed by atoms with Gasteiger partial charge >= 0.3 is 11.7 Å². The maximum absolute atomic E-state index is 12.9. The summed E-state index contributed by atoms with van der Waals surface area (Å²) in [6.45, 7) is 3.89. The molecule has 0 radical (unpaired) electrons. The molecule has 10 heteroatoms. The number of amides is 1. The first-order chi connectivity index (χ1) is 15.6. The molecule has 0 saturated carbocycles. The Bertz CT molecular complexity index is 1390. The van der Waals surface area contributed by atoms with Crippen LogP contribution < -0.4 is 10.9 Å². The highest BCUT2D eigenvalue weighted by Crippen LogP contribution is 2.30.